The summed E-state index contributed by atoms with van der Waals surface area (Å²) in [5.41, 5.74) is 12.4. The first kappa shape index (κ1) is 31.2. The summed E-state index contributed by atoms with van der Waals surface area (Å²) >= 11 is 0. The van der Waals surface area contributed by atoms with Crippen LogP contribution >= 0.6 is 0 Å². The molecule has 9 rings (SSSR count). The van der Waals surface area contributed by atoms with Crippen LogP contribution in [0.3, 0.4) is 0 Å². The van der Waals surface area contributed by atoms with Gasteiger partial charge in [-0.1, -0.05) is 140 Å². The number of hydrogen-bond donors (Lipinski definition) is 0. The molecule has 7 aromatic rings. The Kier molecular flexibility index (Phi) is 7.48. The largest absolute Gasteiger partial charge is 0.458 e. The van der Waals surface area contributed by atoms with Gasteiger partial charge < -0.3 is 14.4 Å². The minimum Gasteiger partial charge on any atom is -0.458 e. The molecular weight excluding hydrogens is 637 g/mol. The first-order valence-electron chi connectivity index (χ1n) is 17.7. The summed E-state index contributed by atoms with van der Waals surface area (Å²) in [5.74, 6) is 3.39. The van der Waals surface area contributed by atoms with Gasteiger partial charge in [0.2, 0.25) is 0 Å². The van der Waals surface area contributed by atoms with E-state index in [0.717, 1.165) is 78.7 Å². The van der Waals surface area contributed by atoms with Gasteiger partial charge in [0.15, 0.2) is 0 Å². The van der Waals surface area contributed by atoms with Crippen molar-refractivity contribution < 1.29 is 9.47 Å². The molecule has 0 N–H and O–H groups in total. The fourth-order valence-electron chi connectivity index (χ4n) is 7.55. The lowest BCUT2D eigenvalue weighted by molar-refractivity contribution is 0.465. The van der Waals surface area contributed by atoms with Crippen LogP contribution in [-0.2, 0) is 0 Å². The predicted octanol–water partition coefficient (Wildman–Crippen LogP) is 10.1. The zero-order valence-corrected chi connectivity index (χ0v) is 30.4. The highest BCUT2D eigenvalue weighted by atomic mass is 28.3. The summed E-state index contributed by atoms with van der Waals surface area (Å²) in [4.78, 5) is 2.36. The number of rotatable bonds is 6. The Morgan fingerprint density at radius 2 is 0.980 bits per heavy atom. The molecule has 0 bridgehead atoms. The van der Waals surface area contributed by atoms with Crippen molar-refractivity contribution in [1.29, 1.82) is 0 Å². The molecule has 0 aliphatic carbocycles. The zero-order chi connectivity index (χ0) is 34.7. The second kappa shape index (κ2) is 12.2. The van der Waals surface area contributed by atoms with E-state index in [4.69, 9.17) is 9.47 Å². The predicted molar refractivity (Wildman–Crippen MR) is 217 cm³/mol. The molecule has 0 spiro atoms. The molecule has 0 atom stereocenters. The molecule has 0 amide bonds. The van der Waals surface area contributed by atoms with Crippen LogP contribution in [0, 0.1) is 6.92 Å². The third kappa shape index (κ3) is 5.55. The van der Waals surface area contributed by atoms with E-state index in [-0.39, 0.29) is 6.71 Å². The maximum atomic E-state index is 6.97. The summed E-state index contributed by atoms with van der Waals surface area (Å²) in [6, 6.07) is 56.4. The highest BCUT2D eigenvalue weighted by Crippen LogP contribution is 2.44. The van der Waals surface area contributed by atoms with Crippen molar-refractivity contribution in [3.8, 4) is 45.3 Å². The Balaban J connectivity index is 1.26. The van der Waals surface area contributed by atoms with E-state index in [1.165, 1.54) is 10.8 Å². The van der Waals surface area contributed by atoms with Gasteiger partial charge >= 0.3 is 0 Å². The number of hydrogen-bond acceptors (Lipinski definition) is 3. The molecule has 5 heteroatoms. The number of para-hydroxylation sites is 1. The van der Waals surface area contributed by atoms with Crippen LogP contribution in [0.2, 0.25) is 19.6 Å². The van der Waals surface area contributed by atoms with Crippen molar-refractivity contribution in [1.82, 2.24) is 0 Å². The average molecular weight is 676 g/mol. The van der Waals surface area contributed by atoms with Crippen LogP contribution in [0.15, 0.2) is 158 Å². The van der Waals surface area contributed by atoms with E-state index in [2.05, 4.69) is 189 Å². The Bertz CT molecular complexity index is 2310. The molecule has 0 aromatic heterocycles. The van der Waals surface area contributed by atoms with Gasteiger partial charge in [0.1, 0.15) is 23.0 Å². The van der Waals surface area contributed by atoms with Gasteiger partial charge in [0.05, 0.1) is 13.8 Å². The first-order chi connectivity index (χ1) is 24.8. The zero-order valence-electron chi connectivity index (χ0n) is 29.4. The Labute approximate surface area is 301 Å². The maximum Gasteiger partial charge on any atom is 0.260 e. The Hall–Kier alpha value is -5.78. The number of ether oxygens (including phenoxy) is 2. The van der Waals surface area contributed by atoms with Gasteiger partial charge in [0, 0.05) is 29.0 Å². The second-order valence-corrected chi connectivity index (χ2v) is 19.7. The molecule has 0 fully saturated rings. The monoisotopic (exact) mass is 675 g/mol. The molecule has 246 valence electrons. The number of aryl methyl sites for hydroxylation is 1. The molecule has 2 aliphatic rings. The minimum atomic E-state index is -1.60. The topological polar surface area (TPSA) is 21.7 Å². The van der Waals surface area contributed by atoms with Crippen molar-refractivity contribution in [3.63, 3.8) is 0 Å². The van der Waals surface area contributed by atoms with Gasteiger partial charge in [-0.2, -0.15) is 0 Å². The Morgan fingerprint density at radius 1 is 0.471 bits per heavy atom. The quantitative estimate of drug-likeness (QED) is 0.164. The van der Waals surface area contributed by atoms with E-state index in [0.29, 0.717) is 0 Å². The van der Waals surface area contributed by atoms with Crippen molar-refractivity contribution in [2.24, 2.45) is 0 Å². The summed E-state index contributed by atoms with van der Waals surface area (Å²) < 4.78 is 13.9. The number of anilines is 3. The van der Waals surface area contributed by atoms with Crippen LogP contribution in [0.4, 0.5) is 17.1 Å². The summed E-state index contributed by atoms with van der Waals surface area (Å²) in [5, 5.41) is 1.42. The lowest BCUT2D eigenvalue weighted by atomic mass is 9.34. The standard InChI is InChI=1S/C46H38BNO2Si/c1-31-20-23-38(51(2,3)4)30-41(31)48(36-18-12-7-13-19-36)37-28-44-46-45(29-37)50-43-27-35(33-16-10-6-11-17-33)22-25-40(43)47(46)39-24-21-34(26-42(39)49-44)32-14-8-5-9-15-32/h5-30H,1-4H3. The molecule has 0 saturated carbocycles. The lowest BCUT2D eigenvalue weighted by Crippen LogP contribution is -2.57. The maximum absolute atomic E-state index is 6.97. The number of fused-ring (bicyclic) bond motifs is 4. The molecule has 0 radical (unpaired) electrons. The summed E-state index contributed by atoms with van der Waals surface area (Å²) in [6.07, 6.45) is 0. The van der Waals surface area contributed by atoms with Gasteiger partial charge in [-0.25, -0.2) is 0 Å². The van der Waals surface area contributed by atoms with Gasteiger partial charge in [-0.15, -0.1) is 0 Å². The molecule has 2 aliphatic heterocycles. The second-order valence-electron chi connectivity index (χ2n) is 14.7. The normalized spacial score (nSPS) is 12.6. The number of nitrogens with zero attached hydrogens (tertiary/aromatic N) is 1. The van der Waals surface area contributed by atoms with Crippen LogP contribution in [0.1, 0.15) is 5.56 Å². The molecule has 2 heterocycles. The molecule has 0 saturated heterocycles. The first-order valence-corrected chi connectivity index (χ1v) is 21.2. The van der Waals surface area contributed by atoms with Crippen molar-refractivity contribution in [2.75, 3.05) is 4.90 Å². The van der Waals surface area contributed by atoms with E-state index in [1.807, 2.05) is 0 Å². The highest BCUT2D eigenvalue weighted by Gasteiger charge is 2.41. The molecule has 3 nitrogen and oxygen atoms in total. The van der Waals surface area contributed by atoms with Crippen LogP contribution in [0.5, 0.6) is 23.0 Å². The fraction of sp³-hybridized carbons (Fsp3) is 0.0870. The van der Waals surface area contributed by atoms with Gasteiger partial charge in [-0.3, -0.25) is 0 Å². The third-order valence-electron chi connectivity index (χ3n) is 10.3. The molecule has 7 aromatic carbocycles. The molecule has 51 heavy (non-hydrogen) atoms. The fourth-order valence-corrected chi connectivity index (χ4v) is 8.70. The SMILES string of the molecule is Cc1ccc([Si](C)(C)C)cc1N(c1ccccc1)c1cc2c3c(c1)Oc1cc(-c4ccccc4)ccc1B3c1ccc(-c3ccccc3)cc1O2. The number of benzene rings is 7. The smallest absolute Gasteiger partial charge is 0.260 e. The lowest BCUT2D eigenvalue weighted by Gasteiger charge is -2.35. The molecular formula is C46H38BNO2Si. The van der Waals surface area contributed by atoms with Gasteiger partial charge in [-0.05, 0) is 76.0 Å². The highest BCUT2D eigenvalue weighted by molar-refractivity contribution is 6.98. The summed E-state index contributed by atoms with van der Waals surface area (Å²) in [7, 11) is -1.60. The van der Waals surface area contributed by atoms with E-state index in [9.17, 15) is 0 Å². The molecule has 0 unspecified atom stereocenters. The van der Waals surface area contributed by atoms with Crippen molar-refractivity contribution >= 4 is 53.4 Å². The van der Waals surface area contributed by atoms with Crippen LogP contribution in [-0.4, -0.2) is 14.8 Å². The van der Waals surface area contributed by atoms with E-state index in [1.54, 1.807) is 0 Å². The summed E-state index contributed by atoms with van der Waals surface area (Å²) in [6.45, 7) is 9.38. The third-order valence-corrected chi connectivity index (χ3v) is 12.3. The average Bonchev–Trinajstić information content (AvgIpc) is 3.15. The van der Waals surface area contributed by atoms with Crippen molar-refractivity contribution in [3.05, 3.63) is 163 Å². The van der Waals surface area contributed by atoms with E-state index >= 15 is 0 Å². The van der Waals surface area contributed by atoms with Crippen LogP contribution in [0.25, 0.3) is 22.3 Å². The minimum absolute atomic E-state index is 0.0340. The van der Waals surface area contributed by atoms with E-state index < -0.39 is 8.07 Å². The Morgan fingerprint density at radius 3 is 1.49 bits per heavy atom. The van der Waals surface area contributed by atoms with Crippen molar-refractivity contribution in [2.45, 2.75) is 26.6 Å². The van der Waals surface area contributed by atoms with Gasteiger partial charge in [0.25, 0.3) is 6.71 Å². The van der Waals surface area contributed by atoms with Crippen LogP contribution < -0.4 is 35.9 Å².